The van der Waals surface area contributed by atoms with Crippen LogP contribution in [0.4, 0.5) is 8.78 Å². The van der Waals surface area contributed by atoms with Crippen LogP contribution in [0.25, 0.3) is 11.3 Å². The Balaban J connectivity index is 1.69. The first-order valence-electron chi connectivity index (χ1n) is 11.7. The smallest absolute Gasteiger partial charge is 0.222 e. The highest BCUT2D eigenvalue weighted by Crippen LogP contribution is 2.36. The molecule has 1 N–H and O–H groups in total. The van der Waals surface area contributed by atoms with Gasteiger partial charge in [-0.25, -0.2) is 13.5 Å². The minimum Gasteiger partial charge on any atom is -0.436 e. The van der Waals surface area contributed by atoms with Crippen molar-refractivity contribution in [1.82, 2.24) is 14.7 Å². The second-order valence-corrected chi connectivity index (χ2v) is 8.96. The van der Waals surface area contributed by atoms with E-state index in [9.17, 15) is 13.9 Å². The Bertz CT molecular complexity index is 1110. The van der Waals surface area contributed by atoms with Crippen LogP contribution in [0.2, 0.25) is 0 Å². The molecule has 1 aromatic heterocycles. The van der Waals surface area contributed by atoms with Crippen molar-refractivity contribution in [2.24, 2.45) is 13.0 Å². The quantitative estimate of drug-likeness (QED) is 0.347. The van der Waals surface area contributed by atoms with Gasteiger partial charge in [-0.1, -0.05) is 36.4 Å². The van der Waals surface area contributed by atoms with Gasteiger partial charge in [0.15, 0.2) is 11.6 Å². The first kappa shape index (κ1) is 24.1. The van der Waals surface area contributed by atoms with E-state index in [1.165, 1.54) is 25.0 Å². The van der Waals surface area contributed by atoms with Gasteiger partial charge in [0.2, 0.25) is 5.88 Å². The number of rotatable bonds is 12. The van der Waals surface area contributed by atoms with Crippen LogP contribution in [-0.2, 0) is 13.6 Å². The van der Waals surface area contributed by atoms with Crippen LogP contribution in [0.5, 0.6) is 11.6 Å². The van der Waals surface area contributed by atoms with Crippen molar-refractivity contribution in [3.8, 4) is 22.9 Å². The Kier molecular flexibility index (Phi) is 7.75. The summed E-state index contributed by atoms with van der Waals surface area (Å²) < 4.78 is 35.4. The average Bonchev–Trinajstić information content (AvgIpc) is 3.58. The molecule has 1 fully saturated rings. The highest BCUT2D eigenvalue weighted by molar-refractivity contribution is 5.65. The van der Waals surface area contributed by atoms with E-state index in [1.807, 2.05) is 36.4 Å². The second-order valence-electron chi connectivity index (χ2n) is 8.96. The molecule has 2 aromatic carbocycles. The number of aromatic nitrogens is 2. The van der Waals surface area contributed by atoms with Gasteiger partial charge in [0.05, 0.1) is 11.7 Å². The maximum Gasteiger partial charge on any atom is 0.222 e. The summed E-state index contributed by atoms with van der Waals surface area (Å²) >= 11 is 0. The van der Waals surface area contributed by atoms with Gasteiger partial charge in [0, 0.05) is 38.3 Å². The molecule has 1 heterocycles. The van der Waals surface area contributed by atoms with E-state index >= 15 is 0 Å². The predicted molar refractivity (Wildman–Crippen MR) is 129 cm³/mol. The molecule has 34 heavy (non-hydrogen) atoms. The third kappa shape index (κ3) is 6.10. The molecule has 0 radical (unpaired) electrons. The Labute approximate surface area is 199 Å². The van der Waals surface area contributed by atoms with E-state index in [2.05, 4.69) is 11.5 Å². The van der Waals surface area contributed by atoms with Crippen molar-refractivity contribution in [1.29, 1.82) is 0 Å². The first-order valence-corrected chi connectivity index (χ1v) is 11.7. The van der Waals surface area contributed by atoms with Crippen LogP contribution in [0.1, 0.15) is 31.2 Å². The van der Waals surface area contributed by atoms with Gasteiger partial charge in [0.1, 0.15) is 11.5 Å². The fourth-order valence-corrected chi connectivity index (χ4v) is 4.11. The normalized spacial score (nSPS) is 14.4. The van der Waals surface area contributed by atoms with Crippen LogP contribution in [0, 0.1) is 17.6 Å². The summed E-state index contributed by atoms with van der Waals surface area (Å²) in [6.45, 7) is 5.60. The fraction of sp³-hybridized carbons (Fsp3) is 0.370. The zero-order valence-electron chi connectivity index (χ0n) is 19.5. The van der Waals surface area contributed by atoms with Gasteiger partial charge in [-0.15, -0.1) is 6.58 Å². The van der Waals surface area contributed by atoms with Gasteiger partial charge in [-0.05, 0) is 43.7 Å². The second kappa shape index (κ2) is 10.9. The number of ether oxygens (including phenoxy) is 1. The van der Waals surface area contributed by atoms with Gasteiger partial charge in [-0.2, -0.15) is 5.10 Å². The molecular weight excluding hydrogens is 436 g/mol. The molecule has 3 aromatic rings. The number of nitrogens with zero attached hydrogens (tertiary/aromatic N) is 3. The van der Waals surface area contributed by atoms with Crippen LogP contribution in [0.3, 0.4) is 0 Å². The summed E-state index contributed by atoms with van der Waals surface area (Å²) in [5.74, 6) is -0.495. The Morgan fingerprint density at radius 3 is 2.68 bits per heavy atom. The Hall–Kier alpha value is -3.03. The molecule has 0 spiro atoms. The van der Waals surface area contributed by atoms with Gasteiger partial charge < -0.3 is 9.84 Å². The zero-order chi connectivity index (χ0) is 24.1. The number of hydrogen-bond acceptors (Lipinski definition) is 4. The van der Waals surface area contributed by atoms with Crippen LogP contribution < -0.4 is 4.74 Å². The van der Waals surface area contributed by atoms with Crippen molar-refractivity contribution < 1.29 is 18.6 Å². The Morgan fingerprint density at radius 1 is 1.24 bits per heavy atom. The molecule has 0 saturated heterocycles. The average molecular weight is 468 g/mol. The maximum absolute atomic E-state index is 14.4. The van der Waals surface area contributed by atoms with E-state index in [0.29, 0.717) is 31.3 Å². The molecule has 0 unspecified atom stereocenters. The predicted octanol–water partition coefficient (Wildman–Crippen LogP) is 5.70. The minimum atomic E-state index is -0.775. The largest absolute Gasteiger partial charge is 0.436 e. The fourth-order valence-electron chi connectivity index (χ4n) is 4.11. The molecule has 1 aliphatic rings. The maximum atomic E-state index is 14.4. The lowest BCUT2D eigenvalue weighted by Gasteiger charge is -2.25. The van der Waals surface area contributed by atoms with Crippen LogP contribution in [0.15, 0.2) is 61.2 Å². The lowest BCUT2D eigenvalue weighted by Crippen LogP contribution is -2.33. The molecular formula is C27H31F2N3O2. The molecule has 1 saturated carbocycles. The third-order valence-electron chi connectivity index (χ3n) is 6.00. The minimum absolute atomic E-state index is 0.0648. The summed E-state index contributed by atoms with van der Waals surface area (Å²) in [6.07, 6.45) is 5.09. The number of aryl methyl sites for hydroxylation is 1. The summed E-state index contributed by atoms with van der Waals surface area (Å²) in [6, 6.07) is 13.0. The third-order valence-corrected chi connectivity index (χ3v) is 6.00. The summed E-state index contributed by atoms with van der Waals surface area (Å²) in [7, 11) is 1.75. The number of allylic oxidation sites excluding steroid dienone is 1. The van der Waals surface area contributed by atoms with E-state index in [0.717, 1.165) is 35.9 Å². The summed E-state index contributed by atoms with van der Waals surface area (Å²) in [5, 5.41) is 15.3. The summed E-state index contributed by atoms with van der Waals surface area (Å²) in [5.41, 5.74) is 2.46. The number of halogens is 2. The van der Waals surface area contributed by atoms with Gasteiger partial charge in [0.25, 0.3) is 0 Å². The van der Waals surface area contributed by atoms with E-state index in [4.69, 9.17) is 9.84 Å². The van der Waals surface area contributed by atoms with Crippen molar-refractivity contribution in [2.45, 2.75) is 38.3 Å². The molecule has 0 amide bonds. The molecule has 7 heteroatoms. The highest BCUT2D eigenvalue weighted by Gasteiger charge is 2.28. The molecule has 0 aliphatic heterocycles. The van der Waals surface area contributed by atoms with Gasteiger partial charge in [-0.3, -0.25) is 4.90 Å². The molecule has 0 bridgehead atoms. The lowest BCUT2D eigenvalue weighted by molar-refractivity contribution is 0.0992. The van der Waals surface area contributed by atoms with E-state index in [1.54, 1.807) is 11.7 Å². The van der Waals surface area contributed by atoms with E-state index in [-0.39, 0.29) is 5.75 Å². The zero-order valence-corrected chi connectivity index (χ0v) is 19.5. The van der Waals surface area contributed by atoms with E-state index < -0.39 is 17.7 Å². The number of benzene rings is 2. The summed E-state index contributed by atoms with van der Waals surface area (Å²) in [4.78, 5) is 2.22. The highest BCUT2D eigenvalue weighted by atomic mass is 19.1. The molecule has 180 valence electrons. The first-order chi connectivity index (χ1) is 16.4. The van der Waals surface area contributed by atoms with Crippen molar-refractivity contribution >= 4 is 0 Å². The molecule has 1 atom stereocenters. The number of aliphatic hydroxyl groups excluding tert-OH is 1. The van der Waals surface area contributed by atoms with Crippen molar-refractivity contribution in [3.63, 3.8) is 0 Å². The van der Waals surface area contributed by atoms with Crippen molar-refractivity contribution in [3.05, 3.63) is 78.4 Å². The lowest BCUT2D eigenvalue weighted by atomic mass is 10.1. The monoisotopic (exact) mass is 467 g/mol. The standard InChI is InChI=1S/C27H31F2N3O2/c1-3-4-10-22(33)17-32(16-19-11-12-19)18-23-26(20-8-6-5-7-9-20)30-31(2)27(23)34-25-14-13-21(28)15-24(25)29/h3,5-9,13-15,19,22,33H,1,4,10-12,16-18H2,2H3/t22-/m1/s1. The Morgan fingerprint density at radius 2 is 2.00 bits per heavy atom. The van der Waals surface area contributed by atoms with Crippen LogP contribution in [-0.4, -0.2) is 39.0 Å². The SMILES string of the molecule is C=CCC[C@@H](O)CN(Cc1c(-c2ccccc2)nn(C)c1Oc1ccc(F)cc1F)CC1CC1. The molecule has 5 nitrogen and oxygen atoms in total. The van der Waals surface area contributed by atoms with Crippen molar-refractivity contribution in [2.75, 3.05) is 13.1 Å². The molecule has 4 rings (SSSR count). The number of hydrogen-bond donors (Lipinski definition) is 1. The van der Waals surface area contributed by atoms with Crippen LogP contribution >= 0.6 is 0 Å². The topological polar surface area (TPSA) is 50.5 Å². The van der Waals surface area contributed by atoms with Gasteiger partial charge >= 0.3 is 0 Å². The number of aliphatic hydroxyl groups is 1. The molecule has 1 aliphatic carbocycles.